The zero-order valence-electron chi connectivity index (χ0n) is 8.70. The summed E-state index contributed by atoms with van der Waals surface area (Å²) in [6.07, 6.45) is -6.51. The lowest BCUT2D eigenvalue weighted by Crippen LogP contribution is -2.04. The Kier molecular flexibility index (Phi) is 3.02. The predicted molar refractivity (Wildman–Crippen MR) is 51.3 cm³/mol. The third-order valence-corrected chi connectivity index (χ3v) is 2.19. The SMILES string of the molecule is FC(F)c1ccc(-n2cc(C(F)(F)F)nn2)cc1. The molecule has 1 aromatic carbocycles. The molecule has 0 amide bonds. The first kappa shape index (κ1) is 12.5. The monoisotopic (exact) mass is 263 g/mol. The van der Waals surface area contributed by atoms with E-state index in [9.17, 15) is 22.0 Å². The Bertz CT molecular complexity index is 529. The number of nitrogens with zero attached hydrogens (tertiary/aromatic N) is 3. The van der Waals surface area contributed by atoms with Crippen LogP contribution in [0.5, 0.6) is 0 Å². The second-order valence-corrected chi connectivity index (χ2v) is 3.44. The van der Waals surface area contributed by atoms with Crippen LogP contribution in [0.4, 0.5) is 22.0 Å². The van der Waals surface area contributed by atoms with Gasteiger partial charge in [-0.3, -0.25) is 0 Å². The molecule has 0 aliphatic heterocycles. The van der Waals surface area contributed by atoms with E-state index in [2.05, 4.69) is 10.3 Å². The molecule has 3 nitrogen and oxygen atoms in total. The van der Waals surface area contributed by atoms with Crippen LogP contribution in [0.1, 0.15) is 17.7 Å². The van der Waals surface area contributed by atoms with Gasteiger partial charge in [0.1, 0.15) is 0 Å². The molecule has 18 heavy (non-hydrogen) atoms. The Morgan fingerprint density at radius 1 is 1.06 bits per heavy atom. The maximum atomic E-state index is 12.3. The number of halogens is 5. The summed E-state index contributed by atoms with van der Waals surface area (Å²) in [5, 5.41) is 6.25. The smallest absolute Gasteiger partial charge is 0.220 e. The average molecular weight is 263 g/mol. The number of alkyl halides is 5. The van der Waals surface area contributed by atoms with Gasteiger partial charge in [0.05, 0.1) is 11.9 Å². The number of hydrogen-bond acceptors (Lipinski definition) is 2. The van der Waals surface area contributed by atoms with Crippen molar-refractivity contribution in [2.24, 2.45) is 0 Å². The molecule has 0 spiro atoms. The lowest BCUT2D eigenvalue weighted by molar-refractivity contribution is -0.141. The van der Waals surface area contributed by atoms with Gasteiger partial charge < -0.3 is 0 Å². The van der Waals surface area contributed by atoms with Gasteiger partial charge in [-0.25, -0.2) is 13.5 Å². The molecule has 0 aliphatic rings. The normalized spacial score (nSPS) is 12.1. The van der Waals surface area contributed by atoms with Gasteiger partial charge in [0, 0.05) is 5.56 Å². The fraction of sp³-hybridized carbons (Fsp3) is 0.200. The average Bonchev–Trinajstić information content (AvgIpc) is 2.78. The maximum Gasteiger partial charge on any atom is 0.436 e. The van der Waals surface area contributed by atoms with E-state index in [-0.39, 0.29) is 11.3 Å². The summed E-state index contributed by atoms with van der Waals surface area (Å²) in [6.45, 7) is 0. The minimum absolute atomic E-state index is 0.213. The first-order valence-corrected chi connectivity index (χ1v) is 4.76. The largest absolute Gasteiger partial charge is 0.436 e. The summed E-state index contributed by atoms with van der Waals surface area (Å²) in [6, 6.07) is 4.73. The third kappa shape index (κ3) is 2.47. The molecule has 0 N–H and O–H groups in total. The molecule has 2 rings (SSSR count). The summed E-state index contributed by atoms with van der Waals surface area (Å²) in [5.41, 5.74) is -1.13. The summed E-state index contributed by atoms with van der Waals surface area (Å²) >= 11 is 0. The van der Waals surface area contributed by atoms with Crippen LogP contribution in [0.2, 0.25) is 0 Å². The number of benzene rings is 1. The predicted octanol–water partition coefficient (Wildman–Crippen LogP) is 3.22. The topological polar surface area (TPSA) is 30.7 Å². The van der Waals surface area contributed by atoms with Crippen LogP contribution in [-0.2, 0) is 6.18 Å². The van der Waals surface area contributed by atoms with Crippen molar-refractivity contribution in [3.63, 3.8) is 0 Å². The van der Waals surface area contributed by atoms with Gasteiger partial charge in [0.2, 0.25) is 0 Å². The molecule has 0 saturated carbocycles. The van der Waals surface area contributed by atoms with Crippen LogP contribution < -0.4 is 0 Å². The molecule has 0 fully saturated rings. The van der Waals surface area contributed by atoms with Gasteiger partial charge in [-0.1, -0.05) is 17.3 Å². The number of hydrogen-bond donors (Lipinski definition) is 0. The van der Waals surface area contributed by atoms with Crippen LogP contribution in [-0.4, -0.2) is 15.0 Å². The van der Waals surface area contributed by atoms with Crippen molar-refractivity contribution in [1.82, 2.24) is 15.0 Å². The first-order chi connectivity index (χ1) is 8.38. The number of aromatic nitrogens is 3. The van der Waals surface area contributed by atoms with E-state index >= 15 is 0 Å². The summed E-state index contributed by atoms with van der Waals surface area (Å²) < 4.78 is 62.2. The molecular weight excluding hydrogens is 257 g/mol. The summed E-state index contributed by atoms with van der Waals surface area (Å²) in [4.78, 5) is 0. The minimum Gasteiger partial charge on any atom is -0.220 e. The van der Waals surface area contributed by atoms with E-state index < -0.39 is 18.3 Å². The molecule has 0 radical (unpaired) electrons. The van der Waals surface area contributed by atoms with Crippen molar-refractivity contribution in [2.45, 2.75) is 12.6 Å². The molecule has 2 aromatic rings. The maximum absolute atomic E-state index is 12.3. The van der Waals surface area contributed by atoms with Gasteiger partial charge in [-0.05, 0) is 12.1 Å². The van der Waals surface area contributed by atoms with Crippen LogP contribution >= 0.6 is 0 Å². The number of rotatable bonds is 2. The van der Waals surface area contributed by atoms with Crippen LogP contribution in [0.3, 0.4) is 0 Å². The molecular formula is C10H6F5N3. The highest BCUT2D eigenvalue weighted by atomic mass is 19.4. The second kappa shape index (κ2) is 4.35. The van der Waals surface area contributed by atoms with Crippen LogP contribution in [0.25, 0.3) is 5.69 Å². The lowest BCUT2D eigenvalue weighted by atomic mass is 10.2. The van der Waals surface area contributed by atoms with E-state index in [0.29, 0.717) is 6.20 Å². The van der Waals surface area contributed by atoms with E-state index in [1.165, 1.54) is 12.1 Å². The molecule has 0 unspecified atom stereocenters. The summed E-state index contributed by atoms with van der Waals surface area (Å²) in [5.74, 6) is 0. The Morgan fingerprint density at radius 2 is 1.67 bits per heavy atom. The highest BCUT2D eigenvalue weighted by Crippen LogP contribution is 2.27. The van der Waals surface area contributed by atoms with Crippen LogP contribution in [0, 0.1) is 0 Å². The highest BCUT2D eigenvalue weighted by molar-refractivity contribution is 5.34. The van der Waals surface area contributed by atoms with Crippen molar-refractivity contribution in [3.05, 3.63) is 41.7 Å². The zero-order chi connectivity index (χ0) is 13.3. The van der Waals surface area contributed by atoms with E-state index in [1.807, 2.05) is 0 Å². The lowest BCUT2D eigenvalue weighted by Gasteiger charge is -2.02. The van der Waals surface area contributed by atoms with Gasteiger partial charge in [0.25, 0.3) is 6.43 Å². The highest BCUT2D eigenvalue weighted by Gasteiger charge is 2.34. The van der Waals surface area contributed by atoms with Crippen molar-refractivity contribution in [3.8, 4) is 5.69 Å². The molecule has 0 bridgehead atoms. The molecule has 1 aromatic heterocycles. The Balaban J connectivity index is 2.29. The van der Waals surface area contributed by atoms with Crippen molar-refractivity contribution >= 4 is 0 Å². The molecule has 0 saturated heterocycles. The fourth-order valence-electron chi connectivity index (χ4n) is 1.29. The molecule has 96 valence electrons. The van der Waals surface area contributed by atoms with Crippen molar-refractivity contribution in [2.75, 3.05) is 0 Å². The standard InChI is InChI=1S/C10H6F5N3/c11-9(12)6-1-3-7(4-2-6)18-5-8(16-17-18)10(13,14)15/h1-5,9H. The Labute approximate surface area is 97.8 Å². The minimum atomic E-state index is -4.58. The third-order valence-electron chi connectivity index (χ3n) is 2.19. The molecule has 1 heterocycles. The Morgan fingerprint density at radius 3 is 2.11 bits per heavy atom. The van der Waals surface area contributed by atoms with Crippen molar-refractivity contribution < 1.29 is 22.0 Å². The van der Waals surface area contributed by atoms with E-state index in [4.69, 9.17) is 0 Å². The van der Waals surface area contributed by atoms with E-state index in [0.717, 1.165) is 16.8 Å². The molecule has 0 atom stereocenters. The molecule has 8 heteroatoms. The van der Waals surface area contributed by atoms with E-state index in [1.54, 1.807) is 0 Å². The summed E-state index contributed by atoms with van der Waals surface area (Å²) in [7, 11) is 0. The van der Waals surface area contributed by atoms with Gasteiger partial charge in [-0.15, -0.1) is 5.10 Å². The second-order valence-electron chi connectivity index (χ2n) is 3.44. The van der Waals surface area contributed by atoms with Crippen LogP contribution in [0.15, 0.2) is 30.5 Å². The first-order valence-electron chi connectivity index (χ1n) is 4.76. The zero-order valence-corrected chi connectivity index (χ0v) is 8.70. The Hall–Kier alpha value is -1.99. The quantitative estimate of drug-likeness (QED) is 0.779. The fourth-order valence-corrected chi connectivity index (χ4v) is 1.29. The van der Waals surface area contributed by atoms with Gasteiger partial charge >= 0.3 is 6.18 Å². The van der Waals surface area contributed by atoms with Gasteiger partial charge in [0.15, 0.2) is 5.69 Å². The van der Waals surface area contributed by atoms with Gasteiger partial charge in [-0.2, -0.15) is 13.2 Å². The molecule has 0 aliphatic carbocycles. The van der Waals surface area contributed by atoms with Crippen molar-refractivity contribution in [1.29, 1.82) is 0 Å².